The lowest BCUT2D eigenvalue weighted by Crippen LogP contribution is -2.24. The lowest BCUT2D eigenvalue weighted by molar-refractivity contribution is -0.216. The smallest absolute Gasteiger partial charge is 0.367 e. The Morgan fingerprint density at radius 1 is 0.852 bits per heavy atom. The summed E-state index contributed by atoms with van der Waals surface area (Å²) in [6.07, 6.45) is -10.9. The first-order valence-electron chi connectivity index (χ1n) is 7.94. The third-order valence-corrected chi connectivity index (χ3v) is 4.46. The first-order valence-corrected chi connectivity index (χ1v) is 7.94. The maximum Gasteiger partial charge on any atom is 0.418 e. The van der Waals surface area contributed by atoms with E-state index in [0.29, 0.717) is 11.3 Å². The Morgan fingerprint density at radius 2 is 1.37 bits per heavy atom. The van der Waals surface area contributed by atoms with Crippen LogP contribution in [0, 0.1) is 13.8 Å². The topological polar surface area (TPSA) is 50.0 Å². The Balaban J connectivity index is 2.40. The van der Waals surface area contributed by atoms with Gasteiger partial charge in [0, 0.05) is 55.5 Å². The van der Waals surface area contributed by atoms with E-state index in [4.69, 9.17) is 0 Å². The molecule has 10 heteroatoms. The Morgan fingerprint density at radius 3 is 1.85 bits per heavy atom. The minimum atomic E-state index is -4.62. The van der Waals surface area contributed by atoms with Crippen molar-refractivity contribution in [2.24, 2.45) is 0 Å². The van der Waals surface area contributed by atoms with Gasteiger partial charge in [0.15, 0.2) is 12.2 Å². The maximum absolute atomic E-state index is 13.3. The molecule has 0 bridgehead atoms. The number of hydrogen-bond acceptors (Lipinski definition) is 2. The van der Waals surface area contributed by atoms with Gasteiger partial charge >= 0.3 is 12.4 Å². The van der Waals surface area contributed by atoms with Crippen molar-refractivity contribution in [1.82, 2.24) is 9.97 Å². The van der Waals surface area contributed by atoms with Crippen LogP contribution in [0.2, 0.25) is 0 Å². The zero-order valence-electron chi connectivity index (χ0n) is 15.1. The molecule has 27 heavy (non-hydrogen) atoms. The number of hydrogen-bond donors (Lipinski definition) is 2. The van der Waals surface area contributed by atoms with Gasteiger partial charge in [0.25, 0.3) is 0 Å². The lowest BCUT2D eigenvalue weighted by Gasteiger charge is -2.21. The van der Waals surface area contributed by atoms with Crippen molar-refractivity contribution in [1.29, 1.82) is 0 Å². The van der Waals surface area contributed by atoms with Crippen LogP contribution in [0.25, 0.3) is 0 Å². The molecule has 0 saturated heterocycles. The monoisotopic (exact) mass is 398 g/mol. The minimum absolute atomic E-state index is 0.0424. The first-order chi connectivity index (χ1) is 12.4. The van der Waals surface area contributed by atoms with Crippen molar-refractivity contribution in [3.63, 3.8) is 0 Å². The Bertz CT molecular complexity index is 775. The quantitative estimate of drug-likeness (QED) is 0.669. The highest BCUT2D eigenvalue weighted by atomic mass is 19.4. The zero-order valence-corrected chi connectivity index (χ0v) is 15.1. The van der Waals surface area contributed by atoms with Crippen LogP contribution >= 0.6 is 0 Å². The van der Waals surface area contributed by atoms with Crippen LogP contribution in [0.1, 0.15) is 45.8 Å². The predicted octanol–water partition coefficient (Wildman–Crippen LogP) is 5.05. The van der Waals surface area contributed by atoms with Gasteiger partial charge in [-0.3, -0.25) is 0 Å². The fourth-order valence-corrected chi connectivity index (χ4v) is 3.14. The number of halogens is 6. The van der Waals surface area contributed by atoms with Crippen LogP contribution < -0.4 is 0 Å². The van der Waals surface area contributed by atoms with Crippen molar-refractivity contribution in [3.8, 4) is 0 Å². The number of aromatic amines is 2. The fraction of sp³-hybridized carbons (Fsp3) is 0.529. The molecule has 2 aromatic heterocycles. The molecule has 2 heterocycles. The Labute approximate surface area is 151 Å². The van der Waals surface area contributed by atoms with E-state index in [0.717, 1.165) is 14.2 Å². The van der Waals surface area contributed by atoms with Gasteiger partial charge in [-0.15, -0.1) is 0 Å². The number of aryl methyl sites for hydroxylation is 1. The summed E-state index contributed by atoms with van der Waals surface area (Å²) in [6, 6.07) is 0. The minimum Gasteiger partial charge on any atom is -0.367 e. The molecule has 152 valence electrons. The number of rotatable bonds is 6. The molecule has 2 aromatic rings. The average Bonchev–Trinajstić information content (AvgIpc) is 3.05. The van der Waals surface area contributed by atoms with Crippen LogP contribution in [0.15, 0.2) is 12.4 Å². The summed E-state index contributed by atoms with van der Waals surface area (Å²) >= 11 is 0. The van der Waals surface area contributed by atoms with Crippen LogP contribution in [0.5, 0.6) is 0 Å². The maximum atomic E-state index is 13.3. The van der Waals surface area contributed by atoms with Crippen LogP contribution in [0.4, 0.5) is 26.3 Å². The third-order valence-electron chi connectivity index (χ3n) is 4.46. The van der Waals surface area contributed by atoms with E-state index in [-0.39, 0.29) is 28.8 Å². The van der Waals surface area contributed by atoms with Gasteiger partial charge in [0.05, 0.1) is 0 Å². The molecule has 2 rings (SSSR count). The van der Waals surface area contributed by atoms with Gasteiger partial charge in [-0.2, -0.15) is 26.3 Å². The van der Waals surface area contributed by atoms with Crippen molar-refractivity contribution >= 4 is 0 Å². The van der Waals surface area contributed by atoms with Crippen molar-refractivity contribution in [3.05, 3.63) is 46.0 Å². The van der Waals surface area contributed by atoms with Crippen LogP contribution in [0.3, 0.4) is 0 Å². The number of ether oxygens (including phenoxy) is 2. The Kier molecular flexibility index (Phi) is 6.00. The van der Waals surface area contributed by atoms with Gasteiger partial charge in [0.1, 0.15) is 0 Å². The van der Waals surface area contributed by atoms with E-state index >= 15 is 0 Å². The summed E-state index contributed by atoms with van der Waals surface area (Å²) in [4.78, 5) is 5.49. The number of methoxy groups -OCH3 is 2. The Hall–Kier alpha value is -1.94. The predicted molar refractivity (Wildman–Crippen MR) is 85.5 cm³/mol. The molecule has 2 atom stereocenters. The number of aromatic nitrogens is 2. The summed E-state index contributed by atoms with van der Waals surface area (Å²) in [6.45, 7) is 2.97. The van der Waals surface area contributed by atoms with Gasteiger partial charge < -0.3 is 19.4 Å². The van der Waals surface area contributed by atoms with Crippen molar-refractivity contribution < 1.29 is 35.8 Å². The molecule has 0 saturated carbocycles. The molecule has 2 unspecified atom stereocenters. The van der Waals surface area contributed by atoms with E-state index < -0.39 is 24.6 Å². The zero-order chi connectivity index (χ0) is 20.6. The molecule has 0 aliphatic carbocycles. The van der Waals surface area contributed by atoms with Gasteiger partial charge in [-0.05, 0) is 25.0 Å². The van der Waals surface area contributed by atoms with E-state index in [1.54, 1.807) is 0 Å². The fourth-order valence-electron chi connectivity index (χ4n) is 3.14. The van der Waals surface area contributed by atoms with E-state index in [1.807, 2.05) is 0 Å². The second-order valence-electron chi connectivity index (χ2n) is 6.20. The second kappa shape index (κ2) is 7.59. The third kappa shape index (κ3) is 4.32. The molecule has 0 aliphatic heterocycles. The number of alkyl halides is 6. The highest BCUT2D eigenvalue weighted by Crippen LogP contribution is 2.40. The summed E-state index contributed by atoms with van der Waals surface area (Å²) in [5, 5.41) is 0. The van der Waals surface area contributed by atoms with Gasteiger partial charge in [-0.25, -0.2) is 0 Å². The lowest BCUT2D eigenvalue weighted by atomic mass is 9.99. The van der Waals surface area contributed by atoms with Crippen LogP contribution in [-0.4, -0.2) is 36.5 Å². The molecule has 0 amide bonds. The standard InChI is InChI=1S/C17H20F6N2O2/c1-8-6-24-12(13(8)15(27-4)17(21,22)23)5-11-9(2)10(7-25-11)14(26-3)16(18,19)20/h6-7,14-15,24-25H,5H2,1-4H3. The largest absolute Gasteiger partial charge is 0.418 e. The molecule has 0 aliphatic rings. The molecule has 0 aromatic carbocycles. The summed E-state index contributed by atoms with van der Waals surface area (Å²) < 4.78 is 88.2. The normalized spacial score (nSPS) is 15.2. The average molecular weight is 398 g/mol. The van der Waals surface area contributed by atoms with E-state index in [1.165, 1.54) is 26.2 Å². The van der Waals surface area contributed by atoms with E-state index in [2.05, 4.69) is 19.4 Å². The highest BCUT2D eigenvalue weighted by molar-refractivity contribution is 5.39. The molecule has 0 fully saturated rings. The molecule has 2 N–H and O–H groups in total. The molecular formula is C17H20F6N2O2. The van der Waals surface area contributed by atoms with Crippen molar-refractivity contribution in [2.75, 3.05) is 14.2 Å². The number of nitrogens with one attached hydrogen (secondary N) is 2. The van der Waals surface area contributed by atoms with Gasteiger partial charge in [-0.1, -0.05) is 0 Å². The molecular weight excluding hydrogens is 378 g/mol. The van der Waals surface area contributed by atoms with Crippen molar-refractivity contribution in [2.45, 2.75) is 44.8 Å². The summed E-state index contributed by atoms with van der Waals surface area (Å²) in [5.41, 5.74) is 1.02. The van der Waals surface area contributed by atoms with E-state index in [9.17, 15) is 26.3 Å². The summed E-state index contributed by atoms with van der Waals surface area (Å²) in [7, 11) is 1.90. The summed E-state index contributed by atoms with van der Waals surface area (Å²) in [5.74, 6) is 0. The SMILES string of the molecule is COC(c1c[nH]c(Cc2[nH]cc(C)c2C(OC)C(F)(F)F)c1C)C(F)(F)F. The number of H-pyrrole nitrogens is 2. The first kappa shape index (κ1) is 21.4. The highest BCUT2D eigenvalue weighted by Gasteiger charge is 2.44. The molecule has 0 radical (unpaired) electrons. The molecule has 0 spiro atoms. The van der Waals surface area contributed by atoms with Gasteiger partial charge in [0.2, 0.25) is 0 Å². The molecule has 4 nitrogen and oxygen atoms in total. The second-order valence-corrected chi connectivity index (χ2v) is 6.20. The van der Waals surface area contributed by atoms with Crippen LogP contribution in [-0.2, 0) is 15.9 Å².